The predicted octanol–water partition coefficient (Wildman–Crippen LogP) is 1.69. The Kier molecular flexibility index (Phi) is 1.86. The number of nitrogens with zero attached hydrogens (tertiary/aromatic N) is 2. The van der Waals surface area contributed by atoms with Crippen LogP contribution in [0.2, 0.25) is 5.15 Å². The first-order valence-corrected chi connectivity index (χ1v) is 5.64. The summed E-state index contributed by atoms with van der Waals surface area (Å²) in [6, 6.07) is 0.267. The van der Waals surface area contributed by atoms with Gasteiger partial charge in [0.2, 0.25) is 0 Å². The molecule has 0 spiro atoms. The Morgan fingerprint density at radius 1 is 1.36 bits per heavy atom. The van der Waals surface area contributed by atoms with E-state index in [0.717, 1.165) is 25.1 Å². The summed E-state index contributed by atoms with van der Waals surface area (Å²) in [5, 5.41) is 0.682. The molecular weight excluding hydrogens is 198 g/mol. The number of fused-ring (bicyclic) bond motifs is 1. The van der Waals surface area contributed by atoms with E-state index in [0.29, 0.717) is 11.1 Å². The average Bonchev–Trinajstić information content (AvgIpc) is 2.94. The zero-order valence-electron chi connectivity index (χ0n) is 8.04. The van der Waals surface area contributed by atoms with E-state index in [1.165, 1.54) is 18.7 Å². The Hall–Kier alpha value is -0.540. The Balaban J connectivity index is 2.04. The maximum Gasteiger partial charge on any atom is 0.150 e. The number of hydrogen-bond acceptors (Lipinski definition) is 2. The average molecular weight is 212 g/mol. The van der Waals surface area contributed by atoms with E-state index in [9.17, 15) is 0 Å². The molecule has 1 unspecified atom stereocenters. The zero-order chi connectivity index (χ0) is 9.71. The number of aromatic nitrogens is 2. The fraction of sp³-hybridized carbons (Fsp3) is 0.700. The molecule has 0 aromatic carbocycles. The molecule has 0 radical (unpaired) electrons. The molecule has 1 atom stereocenters. The Morgan fingerprint density at radius 3 is 2.86 bits per heavy atom. The molecule has 3 rings (SSSR count). The van der Waals surface area contributed by atoms with Crippen LogP contribution in [0.1, 0.15) is 36.7 Å². The van der Waals surface area contributed by atoms with Crippen molar-refractivity contribution in [3.63, 3.8) is 0 Å². The van der Waals surface area contributed by atoms with Gasteiger partial charge >= 0.3 is 0 Å². The summed E-state index contributed by atoms with van der Waals surface area (Å²) in [6.45, 7) is 1.00. The maximum atomic E-state index is 6.11. The van der Waals surface area contributed by atoms with Crippen LogP contribution >= 0.6 is 11.6 Å². The van der Waals surface area contributed by atoms with Gasteiger partial charge in [0.15, 0.2) is 5.15 Å². The monoisotopic (exact) mass is 211 g/mol. The standard InChI is InChI=1S/C10H14ClN3/c11-9-8-5-7(12)3-4-14(8)10(13-9)6-1-2-6/h6-7H,1-5,12H2. The van der Waals surface area contributed by atoms with E-state index >= 15 is 0 Å². The van der Waals surface area contributed by atoms with Gasteiger partial charge < -0.3 is 10.3 Å². The second kappa shape index (κ2) is 2.97. The Bertz CT molecular complexity index is 368. The van der Waals surface area contributed by atoms with Crippen LogP contribution in [-0.4, -0.2) is 15.6 Å². The molecule has 1 aromatic rings. The third kappa shape index (κ3) is 1.27. The smallest absolute Gasteiger partial charge is 0.150 e. The minimum Gasteiger partial charge on any atom is -0.330 e. The fourth-order valence-corrected chi connectivity index (χ4v) is 2.48. The van der Waals surface area contributed by atoms with E-state index in [2.05, 4.69) is 9.55 Å². The van der Waals surface area contributed by atoms with Gasteiger partial charge in [0, 0.05) is 24.9 Å². The molecule has 1 saturated carbocycles. The van der Waals surface area contributed by atoms with Crippen LogP contribution < -0.4 is 5.73 Å². The summed E-state index contributed by atoms with van der Waals surface area (Å²) in [4.78, 5) is 4.46. The summed E-state index contributed by atoms with van der Waals surface area (Å²) in [6.07, 6.45) is 4.50. The molecule has 0 amide bonds. The normalized spacial score (nSPS) is 26.3. The van der Waals surface area contributed by atoms with Gasteiger partial charge in [-0.25, -0.2) is 4.98 Å². The Labute approximate surface area is 88.3 Å². The highest BCUT2D eigenvalue weighted by Crippen LogP contribution is 2.41. The highest BCUT2D eigenvalue weighted by molar-refractivity contribution is 6.30. The van der Waals surface area contributed by atoms with Crippen LogP contribution in [0.25, 0.3) is 0 Å². The van der Waals surface area contributed by atoms with Crippen LogP contribution in [0.5, 0.6) is 0 Å². The van der Waals surface area contributed by atoms with Crippen LogP contribution in [0.3, 0.4) is 0 Å². The van der Waals surface area contributed by atoms with Gasteiger partial charge in [0.25, 0.3) is 0 Å². The summed E-state index contributed by atoms with van der Waals surface area (Å²) in [7, 11) is 0. The zero-order valence-corrected chi connectivity index (χ0v) is 8.80. The van der Waals surface area contributed by atoms with Crippen molar-refractivity contribution in [1.82, 2.24) is 9.55 Å². The summed E-state index contributed by atoms with van der Waals surface area (Å²) in [5.74, 6) is 1.88. The van der Waals surface area contributed by atoms with Crippen molar-refractivity contribution in [2.24, 2.45) is 5.73 Å². The topological polar surface area (TPSA) is 43.8 Å². The molecule has 14 heavy (non-hydrogen) atoms. The van der Waals surface area contributed by atoms with Gasteiger partial charge in [-0.15, -0.1) is 0 Å². The summed E-state index contributed by atoms with van der Waals surface area (Å²) >= 11 is 6.11. The van der Waals surface area contributed by atoms with Crippen LogP contribution in [0, 0.1) is 0 Å². The van der Waals surface area contributed by atoms with Crippen molar-refractivity contribution < 1.29 is 0 Å². The van der Waals surface area contributed by atoms with Crippen LogP contribution in [-0.2, 0) is 13.0 Å². The third-order valence-electron chi connectivity index (χ3n) is 3.17. The molecule has 1 aliphatic carbocycles. The second-order valence-electron chi connectivity index (χ2n) is 4.39. The van der Waals surface area contributed by atoms with E-state index in [1.54, 1.807) is 0 Å². The van der Waals surface area contributed by atoms with Crippen molar-refractivity contribution in [2.75, 3.05) is 0 Å². The molecular formula is C10H14ClN3. The van der Waals surface area contributed by atoms with Crippen molar-refractivity contribution in [3.8, 4) is 0 Å². The predicted molar refractivity (Wildman–Crippen MR) is 55.5 cm³/mol. The highest BCUT2D eigenvalue weighted by atomic mass is 35.5. The number of nitrogens with two attached hydrogens (primary N) is 1. The molecule has 2 N–H and O–H groups in total. The van der Waals surface area contributed by atoms with E-state index in [1.807, 2.05) is 0 Å². The minimum absolute atomic E-state index is 0.267. The molecule has 1 aliphatic heterocycles. The van der Waals surface area contributed by atoms with Gasteiger partial charge in [0.1, 0.15) is 5.82 Å². The SMILES string of the molecule is NC1CCn2c(C3CC3)nc(Cl)c2C1. The number of imidazole rings is 1. The molecule has 0 bridgehead atoms. The fourth-order valence-electron chi connectivity index (χ4n) is 2.22. The lowest BCUT2D eigenvalue weighted by molar-refractivity contribution is 0.460. The largest absolute Gasteiger partial charge is 0.330 e. The molecule has 2 aliphatic rings. The number of hydrogen-bond donors (Lipinski definition) is 1. The molecule has 2 heterocycles. The number of rotatable bonds is 1. The van der Waals surface area contributed by atoms with E-state index in [-0.39, 0.29) is 6.04 Å². The lowest BCUT2D eigenvalue weighted by Gasteiger charge is -2.21. The van der Waals surface area contributed by atoms with Gasteiger partial charge in [0.05, 0.1) is 5.69 Å². The van der Waals surface area contributed by atoms with Crippen molar-refractivity contribution in [1.29, 1.82) is 0 Å². The van der Waals surface area contributed by atoms with E-state index in [4.69, 9.17) is 17.3 Å². The van der Waals surface area contributed by atoms with Gasteiger partial charge in [-0.2, -0.15) is 0 Å². The third-order valence-corrected chi connectivity index (χ3v) is 3.48. The minimum atomic E-state index is 0.267. The molecule has 76 valence electrons. The van der Waals surface area contributed by atoms with Crippen molar-refractivity contribution >= 4 is 11.6 Å². The van der Waals surface area contributed by atoms with Gasteiger partial charge in [-0.05, 0) is 19.3 Å². The van der Waals surface area contributed by atoms with E-state index < -0.39 is 0 Å². The van der Waals surface area contributed by atoms with Gasteiger partial charge in [-0.3, -0.25) is 0 Å². The Morgan fingerprint density at radius 2 is 2.14 bits per heavy atom. The number of halogens is 1. The lowest BCUT2D eigenvalue weighted by Crippen LogP contribution is -2.31. The van der Waals surface area contributed by atoms with Crippen LogP contribution in [0.15, 0.2) is 0 Å². The molecule has 3 nitrogen and oxygen atoms in total. The molecule has 1 fully saturated rings. The first-order valence-electron chi connectivity index (χ1n) is 5.26. The molecule has 4 heteroatoms. The maximum absolute atomic E-state index is 6.11. The van der Waals surface area contributed by atoms with Crippen LogP contribution in [0.4, 0.5) is 0 Å². The summed E-state index contributed by atoms with van der Waals surface area (Å²) in [5.41, 5.74) is 7.08. The first-order chi connectivity index (χ1) is 6.75. The lowest BCUT2D eigenvalue weighted by atomic mass is 10.1. The quantitative estimate of drug-likeness (QED) is 0.768. The summed E-state index contributed by atoms with van der Waals surface area (Å²) < 4.78 is 2.30. The molecule has 0 saturated heterocycles. The molecule has 1 aromatic heterocycles. The first kappa shape index (κ1) is 8.74. The highest BCUT2D eigenvalue weighted by Gasteiger charge is 2.32. The van der Waals surface area contributed by atoms with Gasteiger partial charge in [-0.1, -0.05) is 11.6 Å². The van der Waals surface area contributed by atoms with Crippen molar-refractivity contribution in [3.05, 3.63) is 16.7 Å². The van der Waals surface area contributed by atoms with Crippen molar-refractivity contribution in [2.45, 2.75) is 44.2 Å². The second-order valence-corrected chi connectivity index (χ2v) is 4.74.